The second-order valence-corrected chi connectivity index (χ2v) is 14.2. The van der Waals surface area contributed by atoms with E-state index in [0.29, 0.717) is 0 Å². The summed E-state index contributed by atoms with van der Waals surface area (Å²) < 4.78 is 2.78. The molecule has 0 aliphatic rings. The molecular weight excluding hydrogens is 318 g/mol. The molecule has 0 N–H and O–H groups in total. The van der Waals surface area contributed by atoms with Crippen LogP contribution in [0.4, 0.5) is 0 Å². The van der Waals surface area contributed by atoms with E-state index in [1.807, 2.05) is 0 Å². The monoisotopic (exact) mass is 356 g/mol. The molecular formula is C16H39GaN4. The summed E-state index contributed by atoms with van der Waals surface area (Å²) in [7, 11) is 15.5. The maximum atomic E-state index is 2.78. The summed E-state index contributed by atoms with van der Waals surface area (Å²) in [6.45, 7) is 5.02. The van der Waals surface area contributed by atoms with Crippen LogP contribution in [0.1, 0.15) is 19.3 Å². The molecule has 0 aromatic rings. The normalized spacial score (nSPS) is 12.1. The fraction of sp³-hybridized carbons (Fsp3) is 1.00. The first-order chi connectivity index (χ1) is 9.82. The van der Waals surface area contributed by atoms with Gasteiger partial charge >= 0.3 is 139 Å². The van der Waals surface area contributed by atoms with Gasteiger partial charge in [0.05, 0.1) is 0 Å². The van der Waals surface area contributed by atoms with Crippen LogP contribution in [-0.2, 0) is 0 Å². The van der Waals surface area contributed by atoms with Crippen LogP contribution in [0.15, 0.2) is 0 Å². The fourth-order valence-electron chi connectivity index (χ4n) is 2.69. The van der Waals surface area contributed by atoms with Crippen molar-refractivity contribution in [2.24, 2.45) is 0 Å². The molecule has 21 heavy (non-hydrogen) atoms. The second-order valence-electron chi connectivity index (χ2n) is 7.18. The Labute approximate surface area is 139 Å². The van der Waals surface area contributed by atoms with Crippen LogP contribution in [0, 0.1) is 0 Å². The van der Waals surface area contributed by atoms with Gasteiger partial charge in [0.15, 0.2) is 0 Å². The maximum absolute atomic E-state index is 2.78. The van der Waals surface area contributed by atoms with Crippen molar-refractivity contribution in [3.05, 3.63) is 0 Å². The molecule has 5 heteroatoms. The van der Waals surface area contributed by atoms with Gasteiger partial charge in [-0.05, 0) is 0 Å². The average Bonchev–Trinajstić information content (AvgIpc) is 2.35. The number of hydrogen-bond acceptors (Lipinski definition) is 4. The van der Waals surface area contributed by atoms with E-state index in [9.17, 15) is 0 Å². The zero-order chi connectivity index (χ0) is 16.3. The summed E-state index contributed by atoms with van der Waals surface area (Å²) in [6.07, 6.45) is 4.09. The van der Waals surface area contributed by atoms with E-state index in [4.69, 9.17) is 0 Å². The van der Waals surface area contributed by atoms with Gasteiger partial charge in [-0.3, -0.25) is 0 Å². The molecule has 0 radical (unpaired) electrons. The van der Waals surface area contributed by atoms with Crippen molar-refractivity contribution in [2.45, 2.75) is 29.2 Å². The molecule has 0 heterocycles. The Balaban J connectivity index is 4.13. The van der Waals surface area contributed by atoms with Crippen LogP contribution in [-0.4, -0.2) is 110 Å². The van der Waals surface area contributed by atoms with E-state index >= 15 is 0 Å². The van der Waals surface area contributed by atoms with E-state index in [1.54, 1.807) is 0 Å². The third kappa shape index (κ3) is 13.8. The number of rotatable bonds is 13. The molecule has 0 aromatic heterocycles. The number of hydrogen-bond donors (Lipinski definition) is 0. The third-order valence-electron chi connectivity index (χ3n) is 4.02. The molecule has 0 aliphatic carbocycles. The molecule has 0 fully saturated rings. The van der Waals surface area contributed by atoms with Gasteiger partial charge in [-0.1, -0.05) is 0 Å². The van der Waals surface area contributed by atoms with Crippen LogP contribution >= 0.6 is 0 Å². The average molecular weight is 357 g/mol. The van der Waals surface area contributed by atoms with E-state index in [2.05, 4.69) is 67.6 Å². The van der Waals surface area contributed by atoms with Gasteiger partial charge in [-0.2, -0.15) is 0 Å². The Kier molecular flexibility index (Phi) is 13.3. The summed E-state index contributed by atoms with van der Waals surface area (Å²) >= 11 is -1.27. The van der Waals surface area contributed by atoms with E-state index in [0.717, 1.165) is 0 Å². The summed E-state index contributed by atoms with van der Waals surface area (Å²) in [5.41, 5.74) is 0. The van der Waals surface area contributed by atoms with Crippen molar-refractivity contribution in [2.75, 3.05) is 75.5 Å². The predicted molar refractivity (Wildman–Crippen MR) is 97.5 cm³/mol. The molecule has 0 saturated heterocycles. The molecule has 4 nitrogen and oxygen atoms in total. The first kappa shape index (κ1) is 21.5. The van der Waals surface area contributed by atoms with E-state index < -0.39 is 16.5 Å². The molecule has 0 atom stereocenters. The molecule has 0 bridgehead atoms. The summed E-state index contributed by atoms with van der Waals surface area (Å²) in [4.78, 5) is 9.97. The molecule has 126 valence electrons. The quantitative estimate of drug-likeness (QED) is 0.466. The Morgan fingerprint density at radius 2 is 0.905 bits per heavy atom. The van der Waals surface area contributed by atoms with Gasteiger partial charge in [-0.25, -0.2) is 0 Å². The molecule has 0 unspecified atom stereocenters. The van der Waals surface area contributed by atoms with Crippen molar-refractivity contribution in [1.29, 1.82) is 0 Å². The molecule has 0 spiro atoms. The Morgan fingerprint density at radius 1 is 0.524 bits per heavy atom. The molecule has 0 rings (SSSR count). The van der Waals surface area contributed by atoms with Crippen LogP contribution in [0.2, 0.25) is 9.95 Å². The Morgan fingerprint density at radius 3 is 1.29 bits per heavy atom. The van der Waals surface area contributed by atoms with Crippen molar-refractivity contribution >= 4 is 16.5 Å². The van der Waals surface area contributed by atoms with E-state index in [-0.39, 0.29) is 0 Å². The van der Waals surface area contributed by atoms with Crippen molar-refractivity contribution in [3.8, 4) is 0 Å². The molecule has 0 saturated carbocycles. The fourth-order valence-corrected chi connectivity index (χ4v) is 9.04. The SMILES string of the molecule is CN(C)CCC[N](C)[Ga]([CH2]CCN(C)C)[CH2]CCN(C)C. The van der Waals surface area contributed by atoms with Gasteiger partial charge in [0.25, 0.3) is 0 Å². The zero-order valence-corrected chi connectivity index (χ0v) is 18.2. The summed E-state index contributed by atoms with van der Waals surface area (Å²) in [6, 6.07) is 0. The van der Waals surface area contributed by atoms with Gasteiger partial charge in [0.1, 0.15) is 0 Å². The minimum absolute atomic E-state index is 1.22. The van der Waals surface area contributed by atoms with Gasteiger partial charge in [0, 0.05) is 0 Å². The standard InChI is InChI=1S/C6H15N2.2C5H12N.Ga/c1-7-5-4-6-8(2)3;2*1-4-5-6(2)3;/h4-6H2,1-3H3;2*1,4-5H2,2-3H3;/q-1;;;+1. The topological polar surface area (TPSA) is 13.0 Å². The van der Waals surface area contributed by atoms with E-state index in [1.165, 1.54) is 55.4 Å². The van der Waals surface area contributed by atoms with Crippen LogP contribution in [0.5, 0.6) is 0 Å². The first-order valence-corrected chi connectivity index (χ1v) is 13.0. The summed E-state index contributed by atoms with van der Waals surface area (Å²) in [5.74, 6) is 0. The van der Waals surface area contributed by atoms with Gasteiger partial charge in [0.2, 0.25) is 0 Å². The predicted octanol–water partition coefficient (Wildman–Crippen LogP) is 1.76. The van der Waals surface area contributed by atoms with Crippen LogP contribution < -0.4 is 0 Å². The van der Waals surface area contributed by atoms with Crippen LogP contribution in [0.25, 0.3) is 0 Å². The van der Waals surface area contributed by atoms with Crippen molar-refractivity contribution in [1.82, 2.24) is 18.3 Å². The van der Waals surface area contributed by atoms with Crippen LogP contribution in [0.3, 0.4) is 0 Å². The van der Waals surface area contributed by atoms with Crippen molar-refractivity contribution in [3.63, 3.8) is 0 Å². The molecule has 0 amide bonds. The number of nitrogens with zero attached hydrogens (tertiary/aromatic N) is 4. The van der Waals surface area contributed by atoms with Gasteiger partial charge < -0.3 is 0 Å². The second kappa shape index (κ2) is 13.0. The Hall–Kier alpha value is 0.476. The molecule has 0 aliphatic heterocycles. The molecule has 0 aromatic carbocycles. The third-order valence-corrected chi connectivity index (χ3v) is 11.7. The van der Waals surface area contributed by atoms with Gasteiger partial charge in [-0.15, -0.1) is 0 Å². The zero-order valence-electron chi connectivity index (χ0n) is 15.7. The Bertz CT molecular complexity index is 220. The van der Waals surface area contributed by atoms with Crippen molar-refractivity contribution < 1.29 is 0 Å². The minimum atomic E-state index is -1.27. The summed E-state index contributed by atoms with van der Waals surface area (Å²) in [5, 5.41) is 0. The first-order valence-electron chi connectivity index (χ1n) is 8.47.